The molecule has 0 aliphatic rings. The molecule has 3 rings (SSSR count). The number of phenols is 1. The Balaban J connectivity index is 1.79. The van der Waals surface area contributed by atoms with Crippen LogP contribution in [0.1, 0.15) is 35.2 Å². The molecule has 3 aromatic rings. The van der Waals surface area contributed by atoms with Crippen molar-refractivity contribution in [2.45, 2.75) is 32.2 Å². The predicted octanol–water partition coefficient (Wildman–Crippen LogP) is 3.72. The summed E-state index contributed by atoms with van der Waals surface area (Å²) in [6, 6.07) is 17.0. The Bertz CT molecular complexity index is 1030. The van der Waals surface area contributed by atoms with Crippen LogP contribution in [0.5, 0.6) is 5.75 Å². The first kappa shape index (κ1) is 21.3. The lowest BCUT2D eigenvalue weighted by molar-refractivity contribution is -0.118. The highest BCUT2D eigenvalue weighted by atomic mass is 16.3. The average Bonchev–Trinajstić information content (AvgIpc) is 2.74. The third-order valence-electron chi connectivity index (χ3n) is 5.00. The number of nitrogens with two attached hydrogens (primary N) is 1. The Morgan fingerprint density at radius 3 is 2.53 bits per heavy atom. The van der Waals surface area contributed by atoms with Crippen LogP contribution in [0, 0.1) is 6.92 Å². The number of amides is 2. The molecule has 156 valence electrons. The molecule has 0 spiro atoms. The van der Waals surface area contributed by atoms with Crippen LogP contribution in [-0.2, 0) is 4.79 Å². The zero-order valence-corrected chi connectivity index (χ0v) is 17.0. The Kier molecular flexibility index (Phi) is 7.03. The fraction of sp³-hybridized carbons (Fsp3) is 0.250. The lowest BCUT2D eigenvalue weighted by atomic mass is 10.0. The van der Waals surface area contributed by atoms with E-state index in [4.69, 9.17) is 5.73 Å². The van der Waals surface area contributed by atoms with E-state index in [9.17, 15) is 14.7 Å². The first-order valence-electron chi connectivity index (χ1n) is 10.1. The number of carbonyl (C=O) groups is 2. The molecule has 6 nitrogen and oxygen atoms in total. The lowest BCUT2D eigenvalue weighted by Gasteiger charge is -2.19. The molecule has 0 aliphatic carbocycles. The maximum atomic E-state index is 13.0. The lowest BCUT2D eigenvalue weighted by Crippen LogP contribution is -2.44. The third kappa shape index (κ3) is 5.36. The minimum atomic E-state index is -0.683. The number of nitrogens with one attached hydrogen (secondary N) is 2. The predicted molar refractivity (Wildman–Crippen MR) is 120 cm³/mol. The van der Waals surface area contributed by atoms with Crippen molar-refractivity contribution in [3.05, 3.63) is 71.8 Å². The monoisotopic (exact) mass is 405 g/mol. The molecular formula is C24H27N3O3. The molecule has 0 saturated carbocycles. The summed E-state index contributed by atoms with van der Waals surface area (Å²) in [4.78, 5) is 25.9. The Labute approximate surface area is 176 Å². The van der Waals surface area contributed by atoms with Gasteiger partial charge in [0.15, 0.2) is 0 Å². The van der Waals surface area contributed by atoms with E-state index in [0.717, 1.165) is 23.8 Å². The molecule has 0 heterocycles. The highest BCUT2D eigenvalue weighted by Gasteiger charge is 2.22. The number of rotatable bonds is 8. The van der Waals surface area contributed by atoms with Crippen molar-refractivity contribution < 1.29 is 14.7 Å². The van der Waals surface area contributed by atoms with Crippen molar-refractivity contribution in [2.75, 3.05) is 11.9 Å². The molecule has 0 radical (unpaired) electrons. The molecule has 5 N–H and O–H groups in total. The molecule has 6 heteroatoms. The fourth-order valence-electron chi connectivity index (χ4n) is 3.33. The molecule has 3 aromatic carbocycles. The molecular weight excluding hydrogens is 378 g/mol. The van der Waals surface area contributed by atoms with Crippen LogP contribution in [0.3, 0.4) is 0 Å². The van der Waals surface area contributed by atoms with Crippen molar-refractivity contribution in [2.24, 2.45) is 5.73 Å². The second-order valence-corrected chi connectivity index (χ2v) is 7.38. The molecule has 0 unspecified atom stereocenters. The second kappa shape index (κ2) is 9.89. The van der Waals surface area contributed by atoms with E-state index < -0.39 is 6.04 Å². The van der Waals surface area contributed by atoms with Gasteiger partial charge < -0.3 is 21.5 Å². The zero-order chi connectivity index (χ0) is 21.5. The molecule has 0 bridgehead atoms. The van der Waals surface area contributed by atoms with Gasteiger partial charge >= 0.3 is 0 Å². The Morgan fingerprint density at radius 2 is 1.80 bits per heavy atom. The molecule has 0 aliphatic heterocycles. The van der Waals surface area contributed by atoms with E-state index in [1.54, 1.807) is 30.3 Å². The Hall–Kier alpha value is -3.38. The van der Waals surface area contributed by atoms with Crippen LogP contribution in [0.15, 0.2) is 60.7 Å². The van der Waals surface area contributed by atoms with E-state index in [1.165, 1.54) is 0 Å². The Morgan fingerprint density at radius 1 is 1.03 bits per heavy atom. The van der Waals surface area contributed by atoms with Crippen molar-refractivity contribution in [1.82, 2.24) is 5.32 Å². The number of carbonyl (C=O) groups excluding carboxylic acids is 2. The van der Waals surface area contributed by atoms with Crippen molar-refractivity contribution in [1.29, 1.82) is 0 Å². The second-order valence-electron chi connectivity index (χ2n) is 7.38. The normalized spacial score (nSPS) is 11.8. The van der Waals surface area contributed by atoms with Gasteiger partial charge in [0.25, 0.3) is 5.91 Å². The highest BCUT2D eigenvalue weighted by Crippen LogP contribution is 2.23. The topological polar surface area (TPSA) is 104 Å². The van der Waals surface area contributed by atoms with Gasteiger partial charge in [0.2, 0.25) is 5.91 Å². The number of fused-ring (bicyclic) bond motifs is 1. The quantitative estimate of drug-likeness (QED) is 0.429. The largest absolute Gasteiger partial charge is 0.508 e. The van der Waals surface area contributed by atoms with Crippen LogP contribution >= 0.6 is 0 Å². The van der Waals surface area contributed by atoms with Gasteiger partial charge in [-0.2, -0.15) is 0 Å². The van der Waals surface area contributed by atoms with Gasteiger partial charge in [0.05, 0.1) is 0 Å². The van der Waals surface area contributed by atoms with Crippen LogP contribution in [-0.4, -0.2) is 29.5 Å². The summed E-state index contributed by atoms with van der Waals surface area (Å²) in [5.41, 5.74) is 7.83. The summed E-state index contributed by atoms with van der Waals surface area (Å²) in [7, 11) is 0. The van der Waals surface area contributed by atoms with Gasteiger partial charge in [-0.1, -0.05) is 29.8 Å². The fourth-order valence-corrected chi connectivity index (χ4v) is 3.33. The summed E-state index contributed by atoms with van der Waals surface area (Å²) in [6.07, 6.45) is 2.00. The summed E-state index contributed by atoms with van der Waals surface area (Å²) >= 11 is 0. The zero-order valence-electron chi connectivity index (χ0n) is 17.0. The summed E-state index contributed by atoms with van der Waals surface area (Å²) in [6.45, 7) is 2.51. The van der Waals surface area contributed by atoms with E-state index in [-0.39, 0.29) is 17.6 Å². The number of hydrogen-bond donors (Lipinski definition) is 4. The first-order chi connectivity index (χ1) is 14.5. The number of aromatic hydroxyl groups is 1. The van der Waals surface area contributed by atoms with Crippen LogP contribution in [0.4, 0.5) is 5.69 Å². The first-order valence-corrected chi connectivity index (χ1v) is 10.1. The third-order valence-corrected chi connectivity index (χ3v) is 5.00. The summed E-state index contributed by atoms with van der Waals surface area (Å²) < 4.78 is 0. The maximum absolute atomic E-state index is 13.0. The molecule has 1 atom stereocenters. The van der Waals surface area contributed by atoms with Crippen molar-refractivity contribution in [3.8, 4) is 5.75 Å². The average molecular weight is 405 g/mol. The van der Waals surface area contributed by atoms with Gasteiger partial charge in [-0.15, -0.1) is 0 Å². The highest BCUT2D eigenvalue weighted by molar-refractivity contribution is 6.09. The number of aryl methyl sites for hydroxylation is 1. The number of anilines is 1. The van der Waals surface area contributed by atoms with Gasteiger partial charge in [0, 0.05) is 11.3 Å². The van der Waals surface area contributed by atoms with Gasteiger partial charge in [0.1, 0.15) is 11.8 Å². The SMILES string of the molecule is Cc1ccc(NC(=O)[C@@H](CCCCN)NC(=O)c2cccc3cc(O)ccc23)cc1. The maximum Gasteiger partial charge on any atom is 0.252 e. The minimum Gasteiger partial charge on any atom is -0.508 e. The molecule has 0 aromatic heterocycles. The number of hydrogen-bond acceptors (Lipinski definition) is 4. The van der Waals surface area contributed by atoms with Crippen molar-refractivity contribution >= 4 is 28.3 Å². The molecule has 2 amide bonds. The van der Waals surface area contributed by atoms with E-state index >= 15 is 0 Å². The standard InChI is InChI=1S/C24H27N3O3/c1-16-8-10-18(11-9-16)26-24(30)22(7-2-3-14-25)27-23(29)21-6-4-5-17-15-19(28)12-13-20(17)21/h4-6,8-13,15,22,28H,2-3,7,14,25H2,1H3,(H,26,30)(H,27,29)/t22-/m1/s1. The summed E-state index contributed by atoms with van der Waals surface area (Å²) in [5.74, 6) is -0.456. The number of unbranched alkanes of at least 4 members (excludes halogenated alkanes) is 1. The number of benzene rings is 3. The molecule has 0 saturated heterocycles. The minimum absolute atomic E-state index is 0.136. The van der Waals surface area contributed by atoms with Gasteiger partial charge in [-0.05, 0) is 79.9 Å². The van der Waals surface area contributed by atoms with Crippen LogP contribution in [0.25, 0.3) is 10.8 Å². The van der Waals surface area contributed by atoms with Crippen LogP contribution in [0.2, 0.25) is 0 Å². The summed E-state index contributed by atoms with van der Waals surface area (Å²) in [5, 5.41) is 16.9. The van der Waals surface area contributed by atoms with E-state index in [0.29, 0.717) is 29.6 Å². The van der Waals surface area contributed by atoms with E-state index in [1.807, 2.05) is 37.3 Å². The van der Waals surface area contributed by atoms with E-state index in [2.05, 4.69) is 10.6 Å². The van der Waals surface area contributed by atoms with Gasteiger partial charge in [-0.25, -0.2) is 0 Å². The van der Waals surface area contributed by atoms with Crippen LogP contribution < -0.4 is 16.4 Å². The molecule has 30 heavy (non-hydrogen) atoms. The number of phenolic OH excluding ortho intramolecular Hbond substituents is 1. The smallest absolute Gasteiger partial charge is 0.252 e. The van der Waals surface area contributed by atoms with Crippen molar-refractivity contribution in [3.63, 3.8) is 0 Å². The van der Waals surface area contributed by atoms with Gasteiger partial charge in [-0.3, -0.25) is 9.59 Å². The molecule has 0 fully saturated rings.